The third-order valence-electron chi connectivity index (χ3n) is 2.51. The molecule has 18 heavy (non-hydrogen) atoms. The minimum Gasteiger partial charge on any atom is -1.00 e. The molecule has 0 bridgehead atoms. The van der Waals surface area contributed by atoms with Crippen molar-refractivity contribution in [1.29, 1.82) is 0 Å². The molecule has 0 saturated carbocycles. The molecule has 0 aliphatic carbocycles. The molecule has 2 aromatic heterocycles. The number of Topliss-reactive ketones (excluding diaryl/α,β-unsaturated/α-hetero) is 1. The zero-order chi connectivity index (χ0) is 12.3. The predicted molar refractivity (Wildman–Crippen MR) is 69.6 cm³/mol. The second-order valence-corrected chi connectivity index (χ2v) is 4.97. The third kappa shape index (κ3) is 3.55. The molecule has 0 spiro atoms. The molecule has 0 aliphatic rings. The minimum absolute atomic E-state index is 0. The van der Waals surface area contributed by atoms with Gasteiger partial charge in [0.2, 0.25) is 12.3 Å². The Labute approximate surface area is 117 Å². The van der Waals surface area contributed by atoms with Crippen LogP contribution in [0.15, 0.2) is 42.0 Å². The van der Waals surface area contributed by atoms with Gasteiger partial charge in [0.15, 0.2) is 12.4 Å². The van der Waals surface area contributed by atoms with Crippen molar-refractivity contribution >= 4 is 22.8 Å². The lowest BCUT2D eigenvalue weighted by atomic mass is 10.3. The molecule has 0 fully saturated rings. The monoisotopic (exact) mass is 282 g/mol. The first-order valence-corrected chi connectivity index (χ1v) is 6.28. The minimum atomic E-state index is 0. The normalized spacial score (nSPS) is 9.67. The lowest BCUT2D eigenvalue weighted by molar-refractivity contribution is -0.683. The summed E-state index contributed by atoms with van der Waals surface area (Å²) in [6.45, 7) is 0.397. The van der Waals surface area contributed by atoms with E-state index in [0.717, 1.165) is 10.6 Å². The van der Waals surface area contributed by atoms with Crippen LogP contribution in [0, 0.1) is 0 Å². The zero-order valence-corrected chi connectivity index (χ0v) is 11.9. The number of halogens is 1. The Balaban J connectivity index is 0.00000162. The average molecular weight is 283 g/mol. The molecule has 0 unspecified atom stereocenters. The van der Waals surface area contributed by atoms with Gasteiger partial charge in [-0.3, -0.25) is 4.79 Å². The maximum absolute atomic E-state index is 11.9. The van der Waals surface area contributed by atoms with Gasteiger partial charge < -0.3 is 17.3 Å². The summed E-state index contributed by atoms with van der Waals surface area (Å²) in [5, 5.41) is 1.92. The molecule has 2 rings (SSSR count). The van der Waals surface area contributed by atoms with Crippen molar-refractivity contribution in [1.82, 2.24) is 0 Å². The van der Waals surface area contributed by atoms with Gasteiger partial charge in [-0.2, -0.15) is 4.57 Å². The number of thiophene rings is 1. The summed E-state index contributed by atoms with van der Waals surface area (Å²) >= 11 is 1.49. The number of carbonyl (C=O) groups is 1. The number of anilines is 1. The Morgan fingerprint density at radius 3 is 2.44 bits per heavy atom. The van der Waals surface area contributed by atoms with Crippen molar-refractivity contribution in [2.75, 3.05) is 19.0 Å². The van der Waals surface area contributed by atoms with Gasteiger partial charge in [0.25, 0.3) is 0 Å². The van der Waals surface area contributed by atoms with E-state index in [2.05, 4.69) is 0 Å². The van der Waals surface area contributed by atoms with E-state index in [1.54, 1.807) is 0 Å². The summed E-state index contributed by atoms with van der Waals surface area (Å²) < 4.78 is 1.90. The molecule has 0 N–H and O–H groups in total. The molecule has 0 aromatic carbocycles. The van der Waals surface area contributed by atoms with Crippen LogP contribution in [-0.2, 0) is 6.54 Å². The summed E-state index contributed by atoms with van der Waals surface area (Å²) in [5.74, 6) is 0.155. The molecule has 96 valence electrons. The van der Waals surface area contributed by atoms with E-state index in [1.165, 1.54) is 11.3 Å². The largest absolute Gasteiger partial charge is 1.00 e. The van der Waals surface area contributed by atoms with E-state index in [1.807, 2.05) is 65.6 Å². The third-order valence-corrected chi connectivity index (χ3v) is 3.42. The molecule has 2 aromatic rings. The second-order valence-electron chi connectivity index (χ2n) is 4.02. The van der Waals surface area contributed by atoms with Crippen LogP contribution in [0.3, 0.4) is 0 Å². The molecule has 0 radical (unpaired) electrons. The van der Waals surface area contributed by atoms with E-state index in [-0.39, 0.29) is 18.2 Å². The number of rotatable bonds is 4. The molecule has 3 nitrogen and oxygen atoms in total. The Hall–Kier alpha value is -1.39. The summed E-state index contributed by atoms with van der Waals surface area (Å²) in [6, 6.07) is 7.77. The van der Waals surface area contributed by atoms with Crippen LogP contribution in [0.1, 0.15) is 9.67 Å². The van der Waals surface area contributed by atoms with Crippen molar-refractivity contribution in [3.8, 4) is 0 Å². The van der Waals surface area contributed by atoms with Crippen LogP contribution in [0.4, 0.5) is 5.69 Å². The topological polar surface area (TPSA) is 24.2 Å². The van der Waals surface area contributed by atoms with E-state index < -0.39 is 0 Å². The van der Waals surface area contributed by atoms with Crippen LogP contribution in [0.5, 0.6) is 0 Å². The second kappa shape index (κ2) is 6.52. The highest BCUT2D eigenvalue weighted by Gasteiger charge is 2.12. The van der Waals surface area contributed by atoms with Crippen molar-refractivity contribution in [2.24, 2.45) is 0 Å². The fourth-order valence-electron chi connectivity index (χ4n) is 1.53. The van der Waals surface area contributed by atoms with E-state index in [0.29, 0.717) is 6.54 Å². The van der Waals surface area contributed by atoms with Crippen molar-refractivity contribution in [2.45, 2.75) is 6.54 Å². The summed E-state index contributed by atoms with van der Waals surface area (Å²) in [5.41, 5.74) is 1.13. The molecule has 0 amide bonds. The van der Waals surface area contributed by atoms with Gasteiger partial charge in [-0.15, -0.1) is 11.3 Å². The lowest BCUT2D eigenvalue weighted by Gasteiger charge is -2.10. The quantitative estimate of drug-likeness (QED) is 0.530. The number of hydrogen-bond donors (Lipinski definition) is 0. The standard InChI is InChI=1S/C13H15N2OS.ClH/c1-14(2)11-5-7-15(8-6-11)10-12(16)13-4-3-9-17-13;/h3-9H,10H2,1-2H3;1H/q+1;/p-1. The number of hydrogen-bond acceptors (Lipinski definition) is 3. The maximum Gasteiger partial charge on any atom is 0.237 e. The highest BCUT2D eigenvalue weighted by atomic mass is 35.5. The predicted octanol–water partition coefficient (Wildman–Crippen LogP) is -1.01. The fraction of sp³-hybridized carbons (Fsp3) is 0.231. The first-order chi connectivity index (χ1) is 8.16. The number of carbonyl (C=O) groups excluding carboxylic acids is 1. The number of pyridine rings is 1. The molecule has 5 heteroatoms. The van der Waals surface area contributed by atoms with Gasteiger partial charge in [0, 0.05) is 31.9 Å². The Kier molecular flexibility index (Phi) is 5.31. The summed E-state index contributed by atoms with van der Waals surface area (Å²) in [4.78, 5) is 14.7. The first kappa shape index (κ1) is 14.7. The smallest absolute Gasteiger partial charge is 0.237 e. The van der Waals surface area contributed by atoms with Crippen molar-refractivity contribution in [3.05, 3.63) is 46.9 Å². The van der Waals surface area contributed by atoms with Gasteiger partial charge in [0.05, 0.1) is 4.88 Å². The van der Waals surface area contributed by atoms with E-state index in [4.69, 9.17) is 0 Å². The van der Waals surface area contributed by atoms with E-state index >= 15 is 0 Å². The highest BCUT2D eigenvalue weighted by Crippen LogP contribution is 2.10. The van der Waals surface area contributed by atoms with Crippen LogP contribution in [0.2, 0.25) is 0 Å². The first-order valence-electron chi connectivity index (χ1n) is 5.40. The summed E-state index contributed by atoms with van der Waals surface area (Å²) in [7, 11) is 3.99. The number of nitrogens with zero attached hydrogens (tertiary/aromatic N) is 2. The van der Waals surface area contributed by atoms with Crippen molar-refractivity contribution < 1.29 is 21.8 Å². The Morgan fingerprint density at radius 2 is 1.94 bits per heavy atom. The van der Waals surface area contributed by atoms with Crippen LogP contribution < -0.4 is 21.9 Å². The van der Waals surface area contributed by atoms with Gasteiger partial charge in [0.1, 0.15) is 0 Å². The van der Waals surface area contributed by atoms with Gasteiger partial charge >= 0.3 is 0 Å². The average Bonchev–Trinajstić information content (AvgIpc) is 2.83. The van der Waals surface area contributed by atoms with Crippen molar-refractivity contribution in [3.63, 3.8) is 0 Å². The highest BCUT2D eigenvalue weighted by molar-refractivity contribution is 7.12. The molecule has 0 saturated heterocycles. The molecular formula is C13H15ClN2OS. The van der Waals surface area contributed by atoms with Crippen LogP contribution >= 0.6 is 11.3 Å². The van der Waals surface area contributed by atoms with Crippen LogP contribution in [-0.4, -0.2) is 19.9 Å². The number of aromatic nitrogens is 1. The molecule has 0 atom stereocenters. The van der Waals surface area contributed by atoms with Crippen LogP contribution in [0.25, 0.3) is 0 Å². The zero-order valence-electron chi connectivity index (χ0n) is 10.3. The van der Waals surface area contributed by atoms with Gasteiger partial charge in [-0.05, 0) is 11.4 Å². The SMILES string of the molecule is CN(C)c1cc[n+](CC(=O)c2cccs2)cc1.[Cl-]. The van der Waals surface area contributed by atoms with Gasteiger partial charge in [-0.1, -0.05) is 6.07 Å². The number of ketones is 1. The fourth-order valence-corrected chi connectivity index (χ4v) is 2.19. The Bertz CT molecular complexity index is 494. The van der Waals surface area contributed by atoms with E-state index in [9.17, 15) is 4.79 Å². The maximum atomic E-state index is 11.9. The summed E-state index contributed by atoms with van der Waals surface area (Å²) in [6.07, 6.45) is 3.86. The molecular weight excluding hydrogens is 268 g/mol. The Morgan fingerprint density at radius 1 is 1.28 bits per heavy atom. The molecule has 2 heterocycles. The molecule has 0 aliphatic heterocycles. The lowest BCUT2D eigenvalue weighted by Crippen LogP contribution is -3.00. The van der Waals surface area contributed by atoms with Gasteiger partial charge in [-0.25, -0.2) is 0 Å².